The van der Waals surface area contributed by atoms with Gasteiger partial charge in [-0.05, 0) is 29.8 Å². The van der Waals surface area contributed by atoms with Crippen molar-refractivity contribution in [1.29, 1.82) is 0 Å². The normalized spacial score (nSPS) is 18.9. The molecule has 3 N–H and O–H groups in total. The molecule has 0 saturated carbocycles. The highest BCUT2D eigenvalue weighted by Crippen LogP contribution is 2.35. The van der Waals surface area contributed by atoms with Gasteiger partial charge < -0.3 is 15.8 Å². The van der Waals surface area contributed by atoms with Crippen LogP contribution in [0.3, 0.4) is 0 Å². The summed E-state index contributed by atoms with van der Waals surface area (Å²) in [4.78, 5) is 0.0770. The van der Waals surface area contributed by atoms with E-state index in [2.05, 4.69) is 16.6 Å². The summed E-state index contributed by atoms with van der Waals surface area (Å²) in [7, 11) is -0.634. The predicted molar refractivity (Wildman–Crippen MR) is 84.0 cm³/mol. The molecule has 0 aliphatic carbocycles. The lowest BCUT2D eigenvalue weighted by Gasteiger charge is -2.33. The Kier molecular flexibility index (Phi) is 4.76. The zero-order valence-corrected chi connectivity index (χ0v) is 14.2. The van der Waals surface area contributed by atoms with E-state index in [4.69, 9.17) is 10.5 Å². The molecule has 1 fully saturated rings. The Hall–Kier alpha value is -0.900. The maximum atomic E-state index is 12.3. The van der Waals surface area contributed by atoms with Gasteiger partial charge in [-0.25, -0.2) is 12.7 Å². The Morgan fingerprint density at radius 1 is 1.43 bits per heavy atom. The standard InChI is InChI=1S/C12H22N4O3S2/c1-12(4-6-19-7-5-12)8-14-11-9(10(13)15-20-11)21(17,18)16(2)3/h14H,4-8H2,1-3H3,(H2,13,15). The van der Waals surface area contributed by atoms with Crippen LogP contribution >= 0.6 is 11.5 Å². The lowest BCUT2D eigenvalue weighted by atomic mass is 9.82. The monoisotopic (exact) mass is 334 g/mol. The van der Waals surface area contributed by atoms with E-state index >= 15 is 0 Å². The van der Waals surface area contributed by atoms with Gasteiger partial charge in [-0.15, -0.1) is 0 Å². The number of rotatable bonds is 5. The van der Waals surface area contributed by atoms with Gasteiger partial charge in [-0.1, -0.05) is 6.92 Å². The number of sulfonamides is 1. The van der Waals surface area contributed by atoms with Gasteiger partial charge in [0.25, 0.3) is 0 Å². The first-order chi connectivity index (χ1) is 9.76. The van der Waals surface area contributed by atoms with Gasteiger partial charge in [0, 0.05) is 33.9 Å². The summed E-state index contributed by atoms with van der Waals surface area (Å²) in [6.45, 7) is 4.33. The van der Waals surface area contributed by atoms with Crippen LogP contribution in [0.1, 0.15) is 19.8 Å². The molecule has 7 nitrogen and oxygen atoms in total. The van der Waals surface area contributed by atoms with E-state index in [1.54, 1.807) is 0 Å². The Balaban J connectivity index is 2.18. The van der Waals surface area contributed by atoms with Crippen molar-refractivity contribution in [3.63, 3.8) is 0 Å². The highest BCUT2D eigenvalue weighted by atomic mass is 32.2. The van der Waals surface area contributed by atoms with Gasteiger partial charge in [-0.2, -0.15) is 4.37 Å². The molecule has 120 valence electrons. The van der Waals surface area contributed by atoms with E-state index in [0.29, 0.717) is 11.5 Å². The smallest absolute Gasteiger partial charge is 0.249 e. The van der Waals surface area contributed by atoms with Gasteiger partial charge >= 0.3 is 0 Å². The number of nitrogens with one attached hydrogen (secondary N) is 1. The Labute approximate surface area is 129 Å². The molecule has 0 spiro atoms. The largest absolute Gasteiger partial charge is 0.382 e. The van der Waals surface area contributed by atoms with Crippen LogP contribution in [0.4, 0.5) is 10.8 Å². The summed E-state index contributed by atoms with van der Waals surface area (Å²) >= 11 is 1.08. The van der Waals surface area contributed by atoms with Crippen molar-refractivity contribution in [3.05, 3.63) is 0 Å². The fourth-order valence-corrected chi connectivity index (χ4v) is 4.25. The first-order valence-corrected chi connectivity index (χ1v) is 8.97. The molecule has 1 saturated heterocycles. The van der Waals surface area contributed by atoms with E-state index in [9.17, 15) is 8.42 Å². The molecule has 0 amide bonds. The Morgan fingerprint density at radius 2 is 2.05 bits per heavy atom. The summed E-state index contributed by atoms with van der Waals surface area (Å²) in [6.07, 6.45) is 1.90. The first-order valence-electron chi connectivity index (χ1n) is 6.76. The third-order valence-electron chi connectivity index (χ3n) is 3.79. The Bertz CT molecular complexity index is 592. The van der Waals surface area contributed by atoms with Crippen LogP contribution in [0.25, 0.3) is 0 Å². The van der Waals surface area contributed by atoms with E-state index in [0.717, 1.165) is 41.9 Å². The van der Waals surface area contributed by atoms with Gasteiger partial charge in [0.05, 0.1) is 0 Å². The molecule has 0 radical (unpaired) electrons. The molecule has 9 heteroatoms. The molecule has 0 unspecified atom stereocenters. The molecule has 1 aromatic heterocycles. The van der Waals surface area contributed by atoms with Crippen molar-refractivity contribution in [1.82, 2.24) is 8.68 Å². The third-order valence-corrected chi connectivity index (χ3v) is 6.63. The molecular formula is C12H22N4O3S2. The lowest BCUT2D eigenvalue weighted by molar-refractivity contribution is 0.0300. The number of aromatic nitrogens is 1. The summed E-state index contributed by atoms with van der Waals surface area (Å²) < 4.78 is 35.1. The second-order valence-electron chi connectivity index (χ2n) is 5.79. The van der Waals surface area contributed by atoms with E-state index in [1.807, 2.05) is 0 Å². The van der Waals surface area contributed by atoms with E-state index in [1.165, 1.54) is 14.1 Å². The summed E-state index contributed by atoms with van der Waals surface area (Å²) in [5.74, 6) is 0.0494. The second-order valence-corrected chi connectivity index (χ2v) is 8.65. The van der Waals surface area contributed by atoms with Gasteiger partial charge in [0.2, 0.25) is 10.0 Å². The van der Waals surface area contributed by atoms with Crippen molar-refractivity contribution in [2.45, 2.75) is 24.7 Å². The van der Waals surface area contributed by atoms with Gasteiger partial charge in [-0.3, -0.25) is 0 Å². The minimum absolute atomic E-state index is 0.0494. The number of nitrogens with zero attached hydrogens (tertiary/aromatic N) is 2. The summed E-state index contributed by atoms with van der Waals surface area (Å²) in [6, 6.07) is 0. The molecule has 0 aromatic carbocycles. The molecule has 1 aromatic rings. The molecule has 2 rings (SSSR count). The van der Waals surface area contributed by atoms with E-state index < -0.39 is 10.0 Å². The van der Waals surface area contributed by atoms with Crippen LogP contribution in [-0.4, -0.2) is 51.0 Å². The van der Waals surface area contributed by atoms with Crippen LogP contribution in [-0.2, 0) is 14.8 Å². The summed E-state index contributed by atoms with van der Waals surface area (Å²) in [5.41, 5.74) is 5.83. The van der Waals surface area contributed by atoms with Crippen molar-refractivity contribution < 1.29 is 13.2 Å². The number of hydrogen-bond acceptors (Lipinski definition) is 7. The minimum Gasteiger partial charge on any atom is -0.382 e. The maximum Gasteiger partial charge on any atom is 0.249 e. The average molecular weight is 334 g/mol. The number of hydrogen-bond donors (Lipinski definition) is 2. The number of anilines is 2. The van der Waals surface area contributed by atoms with Crippen LogP contribution in [0.15, 0.2) is 4.90 Å². The average Bonchev–Trinajstić information content (AvgIpc) is 2.79. The van der Waals surface area contributed by atoms with Crippen LogP contribution < -0.4 is 11.1 Å². The molecule has 0 atom stereocenters. The van der Waals surface area contributed by atoms with Gasteiger partial charge in [0.15, 0.2) is 10.7 Å². The first kappa shape index (κ1) is 16.5. The molecule has 1 aliphatic heterocycles. The van der Waals surface area contributed by atoms with Gasteiger partial charge in [0.1, 0.15) is 5.00 Å². The number of nitrogen functional groups attached to an aromatic ring is 1. The SMILES string of the molecule is CN(C)S(=O)(=O)c1c(N)nsc1NCC1(C)CCOCC1. The fourth-order valence-electron chi connectivity index (χ4n) is 2.17. The number of ether oxygens (including phenoxy) is 1. The van der Waals surface area contributed by atoms with Crippen molar-refractivity contribution in [3.8, 4) is 0 Å². The third kappa shape index (κ3) is 3.47. The topological polar surface area (TPSA) is 97.6 Å². The summed E-state index contributed by atoms with van der Waals surface area (Å²) in [5, 5.41) is 3.73. The number of nitrogens with two attached hydrogens (primary N) is 1. The highest BCUT2D eigenvalue weighted by molar-refractivity contribution is 7.89. The van der Waals surface area contributed by atoms with Crippen LogP contribution in [0, 0.1) is 5.41 Å². The zero-order chi connectivity index (χ0) is 15.7. The highest BCUT2D eigenvalue weighted by Gasteiger charge is 2.31. The minimum atomic E-state index is -3.60. The quantitative estimate of drug-likeness (QED) is 0.840. The predicted octanol–water partition coefficient (Wildman–Crippen LogP) is 1.20. The molecule has 21 heavy (non-hydrogen) atoms. The van der Waals surface area contributed by atoms with E-state index in [-0.39, 0.29) is 16.1 Å². The lowest BCUT2D eigenvalue weighted by Crippen LogP contribution is -2.33. The molecular weight excluding hydrogens is 312 g/mol. The zero-order valence-electron chi connectivity index (χ0n) is 12.5. The van der Waals surface area contributed by atoms with Crippen LogP contribution in [0.5, 0.6) is 0 Å². The molecule has 0 bridgehead atoms. The Morgan fingerprint density at radius 3 is 2.62 bits per heavy atom. The maximum absolute atomic E-state index is 12.3. The second kappa shape index (κ2) is 6.07. The fraction of sp³-hybridized carbons (Fsp3) is 0.750. The van der Waals surface area contributed by atoms with Crippen molar-refractivity contribution >= 4 is 32.4 Å². The van der Waals surface area contributed by atoms with Crippen molar-refractivity contribution in [2.75, 3.05) is 44.9 Å². The molecule has 1 aliphatic rings. The molecule has 2 heterocycles. The van der Waals surface area contributed by atoms with Crippen molar-refractivity contribution in [2.24, 2.45) is 5.41 Å². The van der Waals surface area contributed by atoms with Crippen LogP contribution in [0.2, 0.25) is 0 Å².